The Morgan fingerprint density at radius 3 is 2.85 bits per heavy atom. The lowest BCUT2D eigenvalue weighted by molar-refractivity contribution is -0.157. The lowest BCUT2D eigenvalue weighted by Crippen LogP contribution is -2.39. The van der Waals surface area contributed by atoms with Crippen molar-refractivity contribution in [3.05, 3.63) is 24.3 Å². The molecule has 3 aliphatic rings. The van der Waals surface area contributed by atoms with Crippen LogP contribution in [0.2, 0.25) is 0 Å². The first-order chi connectivity index (χ1) is 13.0. The molecule has 0 unspecified atom stereocenters. The zero-order valence-electron chi connectivity index (χ0n) is 14.7. The van der Waals surface area contributed by atoms with E-state index in [1.807, 2.05) is 6.92 Å². The fourth-order valence-electron chi connectivity index (χ4n) is 4.56. The smallest absolute Gasteiger partial charge is 0.310 e. The van der Waals surface area contributed by atoms with E-state index in [0.717, 1.165) is 6.42 Å². The van der Waals surface area contributed by atoms with Crippen LogP contribution in [0.25, 0.3) is 0 Å². The van der Waals surface area contributed by atoms with Gasteiger partial charge in [0.15, 0.2) is 6.61 Å². The average Bonchev–Trinajstić information content (AvgIpc) is 3.26. The molecule has 8 heteroatoms. The number of anilines is 1. The number of hydrogen-bond acceptors (Lipinski definition) is 6. The largest absolute Gasteiger partial charge is 0.492 e. The highest BCUT2D eigenvalue weighted by Crippen LogP contribution is 2.60. The van der Waals surface area contributed by atoms with Crippen molar-refractivity contribution in [3.8, 4) is 5.75 Å². The molecule has 1 saturated heterocycles. The normalized spacial score (nSPS) is 32.9. The second-order valence-electron chi connectivity index (χ2n) is 7.05. The van der Waals surface area contributed by atoms with Crippen molar-refractivity contribution in [3.63, 3.8) is 0 Å². The standard InChI is InChI=1S/C19H20BrNO6/c1-2-25-12-6-4-3-5-11(12)21-13(22)8-26-18(23)14-9-7-10-15(14)19(24)27-17(10)16(9)20/h3-6,9-10,14-17H,2,7-8H2,1H3,(H,21,22)/t9-,10-,14-,15-,16+,17+/m1/s1. The van der Waals surface area contributed by atoms with Crippen LogP contribution in [0.1, 0.15) is 13.3 Å². The van der Waals surface area contributed by atoms with Gasteiger partial charge in [-0.05, 0) is 31.4 Å². The van der Waals surface area contributed by atoms with Crippen molar-refractivity contribution >= 4 is 39.5 Å². The van der Waals surface area contributed by atoms with Crippen molar-refractivity contribution in [2.75, 3.05) is 18.5 Å². The Kier molecular flexibility index (Phi) is 4.84. The first kappa shape index (κ1) is 18.3. The summed E-state index contributed by atoms with van der Waals surface area (Å²) in [5.41, 5.74) is 0.517. The molecule has 2 aliphatic carbocycles. The minimum Gasteiger partial charge on any atom is -0.492 e. The summed E-state index contributed by atoms with van der Waals surface area (Å²) in [5, 5.41) is 2.68. The Bertz CT molecular complexity index is 783. The van der Waals surface area contributed by atoms with Crippen LogP contribution >= 0.6 is 15.9 Å². The van der Waals surface area contributed by atoms with Gasteiger partial charge in [0.1, 0.15) is 11.9 Å². The molecule has 4 rings (SSSR count). The molecule has 0 radical (unpaired) electrons. The van der Waals surface area contributed by atoms with Crippen molar-refractivity contribution in [1.29, 1.82) is 0 Å². The number of carbonyl (C=O) groups is 3. The van der Waals surface area contributed by atoms with Gasteiger partial charge in [0, 0.05) is 5.92 Å². The third-order valence-corrected chi connectivity index (χ3v) is 6.80. The van der Waals surface area contributed by atoms with Gasteiger partial charge >= 0.3 is 11.9 Å². The lowest BCUT2D eigenvalue weighted by atomic mass is 9.80. The highest BCUT2D eigenvalue weighted by atomic mass is 79.9. The fourth-order valence-corrected chi connectivity index (χ4v) is 5.61. The summed E-state index contributed by atoms with van der Waals surface area (Å²) in [6.45, 7) is 1.91. The van der Waals surface area contributed by atoms with Crippen molar-refractivity contribution < 1.29 is 28.6 Å². The van der Waals surface area contributed by atoms with Crippen LogP contribution in [0.3, 0.4) is 0 Å². The number of alkyl halides is 1. The number of amides is 1. The number of hydrogen-bond donors (Lipinski definition) is 1. The third kappa shape index (κ3) is 3.09. The second kappa shape index (κ2) is 7.14. The maximum absolute atomic E-state index is 12.6. The predicted octanol–water partition coefficient (Wildman–Crippen LogP) is 2.14. The number of benzene rings is 1. The maximum Gasteiger partial charge on any atom is 0.310 e. The van der Waals surface area contributed by atoms with Gasteiger partial charge in [-0.25, -0.2) is 0 Å². The second-order valence-corrected chi connectivity index (χ2v) is 8.10. The minimum atomic E-state index is -0.547. The van der Waals surface area contributed by atoms with Gasteiger partial charge in [-0.15, -0.1) is 0 Å². The lowest BCUT2D eigenvalue weighted by Gasteiger charge is -2.26. The quantitative estimate of drug-likeness (QED) is 0.541. The van der Waals surface area contributed by atoms with Gasteiger partial charge in [-0.2, -0.15) is 0 Å². The molecule has 0 aromatic heterocycles. The highest BCUT2D eigenvalue weighted by molar-refractivity contribution is 9.09. The SMILES string of the molecule is CCOc1ccccc1NC(=O)COC(=O)[C@@H]1[C@H]2C[C@H]3[C@H](OC(=O)[C@H]31)[C@H]2Br. The van der Waals surface area contributed by atoms with Gasteiger partial charge in [-0.1, -0.05) is 28.1 Å². The molecular formula is C19H20BrNO6. The number of para-hydroxylation sites is 2. The number of ether oxygens (including phenoxy) is 3. The molecule has 1 aromatic carbocycles. The van der Waals surface area contributed by atoms with Gasteiger partial charge in [-0.3, -0.25) is 14.4 Å². The van der Waals surface area contributed by atoms with Gasteiger partial charge in [0.25, 0.3) is 5.91 Å². The Hall–Kier alpha value is -2.09. The van der Waals surface area contributed by atoms with Gasteiger partial charge < -0.3 is 19.5 Å². The van der Waals surface area contributed by atoms with E-state index in [0.29, 0.717) is 18.0 Å². The van der Waals surface area contributed by atoms with E-state index >= 15 is 0 Å². The van der Waals surface area contributed by atoms with Crippen LogP contribution in [-0.2, 0) is 23.9 Å². The molecule has 27 heavy (non-hydrogen) atoms. The van der Waals surface area contributed by atoms with E-state index in [-0.39, 0.29) is 28.7 Å². The first-order valence-electron chi connectivity index (χ1n) is 9.04. The minimum absolute atomic E-state index is 0.00527. The molecule has 1 N–H and O–H groups in total. The van der Waals surface area contributed by atoms with Crippen LogP contribution in [-0.4, -0.2) is 42.0 Å². The number of carbonyl (C=O) groups excluding carboxylic acids is 3. The number of esters is 2. The molecule has 6 atom stereocenters. The van der Waals surface area contributed by atoms with Crippen LogP contribution < -0.4 is 10.1 Å². The molecule has 1 aromatic rings. The fraction of sp³-hybridized carbons (Fsp3) is 0.526. The molecule has 1 aliphatic heterocycles. The average molecular weight is 438 g/mol. The number of halogens is 1. The van der Waals surface area contributed by atoms with E-state index < -0.39 is 30.3 Å². The van der Waals surface area contributed by atoms with Gasteiger partial charge in [0.2, 0.25) is 0 Å². The molecular weight excluding hydrogens is 418 g/mol. The summed E-state index contributed by atoms with van der Waals surface area (Å²) in [7, 11) is 0. The Labute approximate surface area is 164 Å². The molecule has 1 amide bonds. The molecule has 0 spiro atoms. The zero-order valence-corrected chi connectivity index (χ0v) is 16.3. The van der Waals surface area contributed by atoms with Crippen LogP contribution in [0, 0.1) is 23.7 Å². The maximum atomic E-state index is 12.6. The Morgan fingerprint density at radius 1 is 1.30 bits per heavy atom. The Balaban J connectivity index is 1.36. The summed E-state index contributed by atoms with van der Waals surface area (Å²) < 4.78 is 16.1. The van der Waals surface area contributed by atoms with Gasteiger partial charge in [0.05, 0.1) is 29.0 Å². The van der Waals surface area contributed by atoms with Crippen molar-refractivity contribution in [1.82, 2.24) is 0 Å². The Morgan fingerprint density at radius 2 is 2.07 bits per heavy atom. The van der Waals surface area contributed by atoms with E-state index in [9.17, 15) is 14.4 Å². The summed E-state index contributed by atoms with van der Waals surface area (Å²) in [5.74, 6) is -1.66. The summed E-state index contributed by atoms with van der Waals surface area (Å²) in [6, 6.07) is 7.04. The molecule has 144 valence electrons. The molecule has 2 saturated carbocycles. The third-order valence-electron chi connectivity index (χ3n) is 5.60. The topological polar surface area (TPSA) is 90.9 Å². The van der Waals surface area contributed by atoms with E-state index in [1.54, 1.807) is 24.3 Å². The summed E-state index contributed by atoms with van der Waals surface area (Å²) >= 11 is 3.55. The summed E-state index contributed by atoms with van der Waals surface area (Å²) in [4.78, 5) is 36.8. The molecule has 3 fully saturated rings. The predicted molar refractivity (Wildman–Crippen MR) is 98.4 cm³/mol. The van der Waals surface area contributed by atoms with E-state index in [2.05, 4.69) is 21.2 Å². The first-order valence-corrected chi connectivity index (χ1v) is 9.95. The van der Waals surface area contributed by atoms with E-state index in [4.69, 9.17) is 14.2 Å². The summed E-state index contributed by atoms with van der Waals surface area (Å²) in [6.07, 6.45) is 0.625. The molecule has 1 heterocycles. The number of fused-ring (bicyclic) bond motifs is 1. The van der Waals surface area contributed by atoms with Crippen molar-refractivity contribution in [2.24, 2.45) is 23.7 Å². The number of rotatable bonds is 6. The van der Waals surface area contributed by atoms with Crippen molar-refractivity contribution in [2.45, 2.75) is 24.3 Å². The number of nitrogens with one attached hydrogen (secondary N) is 1. The molecule has 7 nitrogen and oxygen atoms in total. The molecule has 2 bridgehead atoms. The van der Waals surface area contributed by atoms with Crippen LogP contribution in [0.4, 0.5) is 5.69 Å². The van der Waals surface area contributed by atoms with Crippen LogP contribution in [0.5, 0.6) is 5.75 Å². The highest BCUT2D eigenvalue weighted by Gasteiger charge is 2.68. The van der Waals surface area contributed by atoms with Crippen LogP contribution in [0.15, 0.2) is 24.3 Å². The monoisotopic (exact) mass is 437 g/mol. The zero-order chi connectivity index (χ0) is 19.1. The van der Waals surface area contributed by atoms with E-state index in [1.165, 1.54) is 0 Å².